The monoisotopic (exact) mass is 344 g/mol. The van der Waals surface area contributed by atoms with Crippen molar-refractivity contribution in [3.8, 4) is 5.75 Å². The van der Waals surface area contributed by atoms with Crippen molar-refractivity contribution in [1.29, 1.82) is 0 Å². The molecule has 1 saturated heterocycles. The van der Waals surface area contributed by atoms with Crippen molar-refractivity contribution in [2.75, 3.05) is 13.1 Å². The number of carbonyl (C=O) groups excluding carboxylic acids is 1. The number of nitrogens with one attached hydrogen (secondary N) is 1. The molecule has 0 aromatic heterocycles. The number of rotatable bonds is 4. The molecular formula is C21H32N2O2. The van der Waals surface area contributed by atoms with Crippen LogP contribution in [0.5, 0.6) is 5.75 Å². The van der Waals surface area contributed by atoms with Crippen LogP contribution in [0.15, 0.2) is 24.3 Å². The summed E-state index contributed by atoms with van der Waals surface area (Å²) in [6.07, 6.45) is 3.50. The molecule has 0 radical (unpaired) electrons. The van der Waals surface area contributed by atoms with Gasteiger partial charge < -0.3 is 15.0 Å². The minimum atomic E-state index is -0.143. The summed E-state index contributed by atoms with van der Waals surface area (Å²) >= 11 is 0. The van der Waals surface area contributed by atoms with Crippen molar-refractivity contribution in [3.63, 3.8) is 0 Å². The quantitative estimate of drug-likeness (QED) is 0.900. The number of nitrogens with zero attached hydrogens (tertiary/aromatic N) is 1. The Kier molecular flexibility index (Phi) is 5.38. The zero-order valence-electron chi connectivity index (χ0n) is 16.0. The maximum Gasteiger partial charge on any atom is 0.220 e. The molecule has 1 N–H and O–H groups in total. The topological polar surface area (TPSA) is 41.6 Å². The van der Waals surface area contributed by atoms with Gasteiger partial charge in [-0.3, -0.25) is 4.79 Å². The van der Waals surface area contributed by atoms with Crippen LogP contribution in [0.3, 0.4) is 0 Å². The standard InChI is InChI=1S/C21H32N2O2/c1-15(2)13-20(24)22-18-14-21(9-11-23(12-10-21)16(3)4)25-19-8-6-5-7-17(18)19/h5-8,15-16,18H,9-14H2,1-4H3,(H,22,24)/t18-/m1/s1. The Morgan fingerprint density at radius 3 is 2.56 bits per heavy atom. The molecule has 25 heavy (non-hydrogen) atoms. The molecule has 2 aliphatic rings. The molecule has 0 unspecified atom stereocenters. The summed E-state index contributed by atoms with van der Waals surface area (Å²) in [6, 6.07) is 8.83. The summed E-state index contributed by atoms with van der Waals surface area (Å²) in [7, 11) is 0. The van der Waals surface area contributed by atoms with Gasteiger partial charge in [0.2, 0.25) is 5.91 Å². The number of fused-ring (bicyclic) bond motifs is 1. The number of ether oxygens (including phenoxy) is 1. The third-order valence-electron chi connectivity index (χ3n) is 5.57. The number of para-hydroxylation sites is 1. The van der Waals surface area contributed by atoms with Gasteiger partial charge in [-0.1, -0.05) is 32.0 Å². The molecule has 138 valence electrons. The number of amides is 1. The maximum absolute atomic E-state index is 12.4. The molecule has 1 amide bonds. The summed E-state index contributed by atoms with van der Waals surface area (Å²) in [5.74, 6) is 1.46. The Labute approximate surface area is 151 Å². The van der Waals surface area contributed by atoms with Crippen molar-refractivity contribution in [1.82, 2.24) is 10.2 Å². The first-order valence-corrected chi connectivity index (χ1v) is 9.70. The average molecular weight is 344 g/mol. The highest BCUT2D eigenvalue weighted by atomic mass is 16.5. The second kappa shape index (κ2) is 7.36. The number of carbonyl (C=O) groups is 1. The van der Waals surface area contributed by atoms with E-state index in [1.807, 2.05) is 18.2 Å². The molecular weight excluding hydrogens is 312 g/mol. The van der Waals surface area contributed by atoms with Gasteiger partial charge in [-0.2, -0.15) is 0 Å². The van der Waals surface area contributed by atoms with Gasteiger partial charge in [0.05, 0.1) is 6.04 Å². The van der Waals surface area contributed by atoms with E-state index in [-0.39, 0.29) is 17.6 Å². The Morgan fingerprint density at radius 1 is 1.24 bits per heavy atom. The van der Waals surface area contributed by atoms with E-state index in [1.165, 1.54) is 0 Å². The lowest BCUT2D eigenvalue weighted by Crippen LogP contribution is -2.53. The van der Waals surface area contributed by atoms with Gasteiger partial charge in [0.1, 0.15) is 11.4 Å². The van der Waals surface area contributed by atoms with Crippen LogP contribution in [0, 0.1) is 5.92 Å². The Hall–Kier alpha value is -1.55. The lowest BCUT2D eigenvalue weighted by atomic mass is 9.80. The third-order valence-corrected chi connectivity index (χ3v) is 5.57. The van der Waals surface area contributed by atoms with Crippen LogP contribution < -0.4 is 10.1 Å². The van der Waals surface area contributed by atoms with Crippen LogP contribution >= 0.6 is 0 Å². The summed E-state index contributed by atoms with van der Waals surface area (Å²) in [5.41, 5.74) is 0.978. The fraction of sp³-hybridized carbons (Fsp3) is 0.667. The number of benzene rings is 1. The summed E-state index contributed by atoms with van der Waals surface area (Å²) in [6.45, 7) is 10.8. The van der Waals surface area contributed by atoms with Gasteiger partial charge >= 0.3 is 0 Å². The molecule has 1 spiro atoms. The molecule has 1 aromatic carbocycles. The largest absolute Gasteiger partial charge is 0.487 e. The summed E-state index contributed by atoms with van der Waals surface area (Å²) < 4.78 is 6.50. The van der Waals surface area contributed by atoms with E-state index < -0.39 is 0 Å². The first kappa shape index (κ1) is 18.2. The molecule has 1 fully saturated rings. The van der Waals surface area contributed by atoms with Crippen LogP contribution in [0.4, 0.5) is 0 Å². The van der Waals surface area contributed by atoms with E-state index in [1.54, 1.807) is 0 Å². The minimum absolute atomic E-state index is 0.0572. The van der Waals surface area contributed by atoms with Crippen molar-refractivity contribution in [2.24, 2.45) is 5.92 Å². The van der Waals surface area contributed by atoms with Crippen molar-refractivity contribution in [3.05, 3.63) is 29.8 Å². The zero-order chi connectivity index (χ0) is 18.0. The van der Waals surface area contributed by atoms with E-state index in [0.29, 0.717) is 18.4 Å². The van der Waals surface area contributed by atoms with Gasteiger partial charge in [-0.05, 0) is 38.7 Å². The summed E-state index contributed by atoms with van der Waals surface area (Å²) in [5, 5.41) is 3.28. The van der Waals surface area contributed by atoms with E-state index in [2.05, 4.69) is 44.0 Å². The number of likely N-dealkylation sites (tertiary alicyclic amines) is 1. The summed E-state index contributed by atoms with van der Waals surface area (Å²) in [4.78, 5) is 14.9. The van der Waals surface area contributed by atoms with Gasteiger partial charge in [0.15, 0.2) is 0 Å². The van der Waals surface area contributed by atoms with Crippen molar-refractivity contribution in [2.45, 2.75) is 71.1 Å². The highest BCUT2D eigenvalue weighted by Gasteiger charge is 2.43. The fourth-order valence-corrected chi connectivity index (χ4v) is 4.13. The van der Waals surface area contributed by atoms with Crippen LogP contribution in [0.1, 0.15) is 65.0 Å². The predicted molar refractivity (Wildman–Crippen MR) is 101 cm³/mol. The SMILES string of the molecule is CC(C)CC(=O)N[C@@H]1CC2(CCN(C(C)C)CC2)Oc2ccccc21. The highest BCUT2D eigenvalue weighted by molar-refractivity contribution is 5.76. The van der Waals surface area contributed by atoms with E-state index >= 15 is 0 Å². The van der Waals surface area contributed by atoms with Crippen LogP contribution in [-0.4, -0.2) is 35.5 Å². The minimum Gasteiger partial charge on any atom is -0.487 e. The molecule has 2 heterocycles. The average Bonchev–Trinajstić information content (AvgIpc) is 2.54. The molecule has 4 heteroatoms. The highest BCUT2D eigenvalue weighted by Crippen LogP contribution is 2.44. The zero-order valence-corrected chi connectivity index (χ0v) is 16.0. The molecule has 1 aromatic rings. The molecule has 0 bridgehead atoms. The second-order valence-corrected chi connectivity index (χ2v) is 8.37. The Balaban J connectivity index is 1.78. The lowest BCUT2D eigenvalue weighted by Gasteiger charge is -2.47. The smallest absolute Gasteiger partial charge is 0.220 e. The van der Waals surface area contributed by atoms with Crippen LogP contribution in [0.2, 0.25) is 0 Å². The number of hydrogen-bond acceptors (Lipinski definition) is 3. The van der Waals surface area contributed by atoms with Gasteiger partial charge in [0, 0.05) is 37.5 Å². The molecule has 1 atom stereocenters. The second-order valence-electron chi connectivity index (χ2n) is 8.37. The fourth-order valence-electron chi connectivity index (χ4n) is 4.13. The van der Waals surface area contributed by atoms with E-state index in [4.69, 9.17) is 4.74 Å². The Bertz CT molecular complexity index is 604. The van der Waals surface area contributed by atoms with Crippen molar-refractivity contribution >= 4 is 5.91 Å². The van der Waals surface area contributed by atoms with Gasteiger partial charge in [-0.25, -0.2) is 0 Å². The van der Waals surface area contributed by atoms with Crippen LogP contribution in [-0.2, 0) is 4.79 Å². The first-order chi connectivity index (χ1) is 11.9. The van der Waals surface area contributed by atoms with E-state index in [0.717, 1.165) is 43.7 Å². The first-order valence-electron chi connectivity index (χ1n) is 9.70. The van der Waals surface area contributed by atoms with Crippen molar-refractivity contribution < 1.29 is 9.53 Å². The van der Waals surface area contributed by atoms with Gasteiger partial charge in [0.25, 0.3) is 0 Å². The third kappa shape index (κ3) is 4.17. The Morgan fingerprint density at radius 2 is 1.92 bits per heavy atom. The number of hydrogen-bond donors (Lipinski definition) is 1. The normalized spacial score (nSPS) is 22.7. The van der Waals surface area contributed by atoms with Gasteiger partial charge in [-0.15, -0.1) is 0 Å². The molecule has 4 nitrogen and oxygen atoms in total. The van der Waals surface area contributed by atoms with E-state index in [9.17, 15) is 4.79 Å². The van der Waals surface area contributed by atoms with Crippen LogP contribution in [0.25, 0.3) is 0 Å². The maximum atomic E-state index is 12.4. The predicted octanol–water partition coefficient (Wildman–Crippen LogP) is 3.92. The lowest BCUT2D eigenvalue weighted by molar-refractivity contribution is -0.123. The molecule has 2 aliphatic heterocycles. The molecule has 0 saturated carbocycles. The number of piperidine rings is 1. The molecule has 0 aliphatic carbocycles. The molecule has 3 rings (SSSR count).